The van der Waals surface area contributed by atoms with Crippen LogP contribution in [0.25, 0.3) is 0 Å². The molecule has 1 aromatic heterocycles. The lowest BCUT2D eigenvalue weighted by Gasteiger charge is -2.11. The smallest absolute Gasteiger partial charge is 0.191 e. The maximum atomic E-state index is 4.43. The van der Waals surface area contributed by atoms with Crippen LogP contribution in [0.1, 0.15) is 22.3 Å². The van der Waals surface area contributed by atoms with E-state index in [9.17, 15) is 0 Å². The maximum Gasteiger partial charge on any atom is 0.191 e. The van der Waals surface area contributed by atoms with Crippen molar-refractivity contribution >= 4 is 5.96 Å². The summed E-state index contributed by atoms with van der Waals surface area (Å²) in [7, 11) is 1.78. The van der Waals surface area contributed by atoms with Crippen LogP contribution in [0.5, 0.6) is 0 Å². The second-order valence-corrected chi connectivity index (χ2v) is 6.30. The Balaban J connectivity index is 1.48. The number of benzene rings is 2. The second-order valence-electron chi connectivity index (χ2n) is 6.30. The van der Waals surface area contributed by atoms with E-state index in [0.717, 1.165) is 24.6 Å². The van der Waals surface area contributed by atoms with E-state index in [1.807, 2.05) is 29.1 Å². The van der Waals surface area contributed by atoms with E-state index in [1.54, 1.807) is 7.05 Å². The fourth-order valence-electron chi connectivity index (χ4n) is 2.65. The summed E-state index contributed by atoms with van der Waals surface area (Å²) < 4.78 is 1.95. The molecule has 5 heteroatoms. The van der Waals surface area contributed by atoms with Crippen LogP contribution in [0.3, 0.4) is 0 Å². The molecule has 0 amide bonds. The molecule has 134 valence electrons. The Hall–Kier alpha value is -3.08. The summed E-state index contributed by atoms with van der Waals surface area (Å²) in [5.74, 6) is 0.779. The number of rotatable bonds is 6. The molecule has 0 aliphatic heterocycles. The van der Waals surface area contributed by atoms with Crippen molar-refractivity contribution in [2.45, 2.75) is 26.6 Å². The monoisotopic (exact) mass is 347 g/mol. The fraction of sp³-hybridized carbons (Fsp3) is 0.238. The lowest BCUT2D eigenvalue weighted by Crippen LogP contribution is -2.36. The summed E-state index contributed by atoms with van der Waals surface area (Å²) in [6, 6.07) is 18.8. The summed E-state index contributed by atoms with van der Waals surface area (Å²) in [5.41, 5.74) is 4.86. The quantitative estimate of drug-likeness (QED) is 0.532. The van der Waals surface area contributed by atoms with Crippen molar-refractivity contribution in [3.63, 3.8) is 0 Å². The molecule has 2 N–H and O–H groups in total. The highest BCUT2D eigenvalue weighted by atomic mass is 15.3. The predicted molar refractivity (Wildman–Crippen MR) is 106 cm³/mol. The Kier molecular flexibility index (Phi) is 6.04. The Morgan fingerprint density at radius 1 is 0.923 bits per heavy atom. The van der Waals surface area contributed by atoms with Gasteiger partial charge in [0, 0.05) is 31.9 Å². The molecule has 0 spiro atoms. The van der Waals surface area contributed by atoms with Gasteiger partial charge >= 0.3 is 0 Å². The molecule has 3 rings (SSSR count). The fourth-order valence-corrected chi connectivity index (χ4v) is 2.65. The molecule has 0 atom stereocenters. The van der Waals surface area contributed by atoms with Crippen molar-refractivity contribution in [2.75, 3.05) is 7.05 Å². The van der Waals surface area contributed by atoms with Crippen molar-refractivity contribution in [3.8, 4) is 0 Å². The highest BCUT2D eigenvalue weighted by Crippen LogP contribution is 2.04. The van der Waals surface area contributed by atoms with Crippen LogP contribution in [0.2, 0.25) is 0 Å². The summed E-state index contributed by atoms with van der Waals surface area (Å²) in [4.78, 5) is 4.28. The van der Waals surface area contributed by atoms with Gasteiger partial charge in [-0.15, -0.1) is 0 Å². The van der Waals surface area contributed by atoms with Crippen LogP contribution in [0, 0.1) is 6.92 Å². The first kappa shape index (κ1) is 17.7. The van der Waals surface area contributed by atoms with Gasteiger partial charge < -0.3 is 10.6 Å². The third-order valence-corrected chi connectivity index (χ3v) is 4.14. The van der Waals surface area contributed by atoms with E-state index >= 15 is 0 Å². The third kappa shape index (κ3) is 5.21. The van der Waals surface area contributed by atoms with Crippen LogP contribution in [-0.2, 0) is 19.6 Å². The van der Waals surface area contributed by atoms with Gasteiger partial charge in [-0.05, 0) is 18.1 Å². The van der Waals surface area contributed by atoms with Gasteiger partial charge in [0.25, 0.3) is 0 Å². The molecule has 1 heterocycles. The number of aryl methyl sites for hydroxylation is 1. The van der Waals surface area contributed by atoms with Gasteiger partial charge in [0.15, 0.2) is 5.96 Å². The lowest BCUT2D eigenvalue weighted by atomic mass is 10.1. The predicted octanol–water partition coefficient (Wildman–Crippen LogP) is 3.11. The van der Waals surface area contributed by atoms with Crippen LogP contribution in [0.15, 0.2) is 72.0 Å². The maximum absolute atomic E-state index is 4.43. The van der Waals surface area contributed by atoms with E-state index < -0.39 is 0 Å². The zero-order valence-corrected chi connectivity index (χ0v) is 15.3. The lowest BCUT2D eigenvalue weighted by molar-refractivity contribution is 0.685. The van der Waals surface area contributed by atoms with E-state index in [0.29, 0.717) is 6.54 Å². The van der Waals surface area contributed by atoms with Crippen molar-refractivity contribution in [1.82, 2.24) is 20.4 Å². The molecule has 3 aromatic rings. The molecule has 0 saturated carbocycles. The molecule has 0 bridgehead atoms. The first-order valence-electron chi connectivity index (χ1n) is 8.78. The summed E-state index contributed by atoms with van der Waals surface area (Å²) in [6.07, 6.45) is 3.95. The van der Waals surface area contributed by atoms with E-state index in [-0.39, 0.29) is 0 Å². The molecule has 2 aromatic carbocycles. The van der Waals surface area contributed by atoms with Crippen molar-refractivity contribution in [2.24, 2.45) is 4.99 Å². The molecule has 0 saturated heterocycles. The van der Waals surface area contributed by atoms with Gasteiger partial charge in [-0.1, -0.05) is 60.2 Å². The number of aromatic nitrogens is 2. The standard InChI is InChI=1S/C21H25N5/c1-17-8-10-18(11-9-17)12-23-21(22-2)24-13-20-14-25-26(16-20)15-19-6-4-3-5-7-19/h3-11,14,16H,12-13,15H2,1-2H3,(H2,22,23,24). The zero-order chi connectivity index (χ0) is 18.2. The molecule has 0 fully saturated rings. The van der Waals surface area contributed by atoms with Gasteiger partial charge in [-0.25, -0.2) is 0 Å². The molecule has 0 aliphatic rings. The van der Waals surface area contributed by atoms with Crippen molar-refractivity contribution < 1.29 is 0 Å². The van der Waals surface area contributed by atoms with Gasteiger partial charge in [-0.2, -0.15) is 5.10 Å². The molecule has 5 nitrogen and oxygen atoms in total. The van der Waals surface area contributed by atoms with Gasteiger partial charge in [0.05, 0.1) is 12.7 Å². The first-order valence-corrected chi connectivity index (χ1v) is 8.78. The summed E-state index contributed by atoms with van der Waals surface area (Å²) >= 11 is 0. The molecule has 26 heavy (non-hydrogen) atoms. The minimum atomic E-state index is 0.683. The Labute approximate surface area is 154 Å². The molecule has 0 radical (unpaired) electrons. The number of nitrogens with one attached hydrogen (secondary N) is 2. The number of hydrogen-bond donors (Lipinski definition) is 2. The number of aliphatic imine (C=N–C) groups is 1. The zero-order valence-electron chi connectivity index (χ0n) is 15.3. The van der Waals surface area contributed by atoms with Gasteiger partial charge in [0.2, 0.25) is 0 Å². The average molecular weight is 347 g/mol. The molecule has 0 unspecified atom stereocenters. The summed E-state index contributed by atoms with van der Waals surface area (Å²) in [5, 5.41) is 11.1. The van der Waals surface area contributed by atoms with Gasteiger partial charge in [-0.3, -0.25) is 9.67 Å². The van der Waals surface area contributed by atoms with Crippen LogP contribution in [-0.4, -0.2) is 22.8 Å². The molecule has 0 aliphatic carbocycles. The largest absolute Gasteiger partial charge is 0.352 e. The van der Waals surface area contributed by atoms with Gasteiger partial charge in [0.1, 0.15) is 0 Å². The highest BCUT2D eigenvalue weighted by molar-refractivity contribution is 5.79. The van der Waals surface area contributed by atoms with Crippen LogP contribution < -0.4 is 10.6 Å². The Bertz CT molecular complexity index is 834. The average Bonchev–Trinajstić information content (AvgIpc) is 3.11. The minimum absolute atomic E-state index is 0.683. The summed E-state index contributed by atoms with van der Waals surface area (Å²) in [6.45, 7) is 4.30. The normalized spacial score (nSPS) is 11.4. The third-order valence-electron chi connectivity index (χ3n) is 4.14. The van der Waals surface area contributed by atoms with Crippen LogP contribution >= 0.6 is 0 Å². The minimum Gasteiger partial charge on any atom is -0.352 e. The SMILES string of the molecule is CN=C(NCc1ccc(C)cc1)NCc1cnn(Cc2ccccc2)c1. The number of hydrogen-bond acceptors (Lipinski definition) is 2. The van der Waals surface area contributed by atoms with E-state index in [1.165, 1.54) is 16.7 Å². The number of nitrogens with zero attached hydrogens (tertiary/aromatic N) is 3. The Morgan fingerprint density at radius 3 is 2.31 bits per heavy atom. The van der Waals surface area contributed by atoms with E-state index in [2.05, 4.69) is 70.2 Å². The number of guanidine groups is 1. The van der Waals surface area contributed by atoms with Crippen molar-refractivity contribution in [3.05, 3.63) is 89.2 Å². The molecular weight excluding hydrogens is 322 g/mol. The first-order chi connectivity index (χ1) is 12.7. The topological polar surface area (TPSA) is 54.2 Å². The second kappa shape index (κ2) is 8.85. The Morgan fingerprint density at radius 2 is 1.62 bits per heavy atom. The van der Waals surface area contributed by atoms with E-state index in [4.69, 9.17) is 0 Å². The highest BCUT2D eigenvalue weighted by Gasteiger charge is 2.02. The molecular formula is C21H25N5. The van der Waals surface area contributed by atoms with Crippen molar-refractivity contribution in [1.29, 1.82) is 0 Å². The van der Waals surface area contributed by atoms with Crippen LogP contribution in [0.4, 0.5) is 0 Å².